The first-order valence-electron chi connectivity index (χ1n) is 13.2. The molecule has 0 aliphatic rings. The lowest BCUT2D eigenvalue weighted by atomic mass is 9.97. The van der Waals surface area contributed by atoms with Crippen LogP contribution in [0.5, 0.6) is 5.75 Å². The molecule has 4 aromatic carbocycles. The minimum atomic E-state index is -5.05. The van der Waals surface area contributed by atoms with Crippen LogP contribution in [0.2, 0.25) is 0 Å². The van der Waals surface area contributed by atoms with Gasteiger partial charge in [0.2, 0.25) is 5.89 Å². The van der Waals surface area contributed by atoms with Gasteiger partial charge in [0, 0.05) is 6.42 Å². The van der Waals surface area contributed by atoms with Crippen molar-refractivity contribution in [1.82, 2.24) is 15.5 Å². The van der Waals surface area contributed by atoms with E-state index in [9.17, 15) is 36.2 Å². The lowest BCUT2D eigenvalue weighted by molar-refractivity contribution is -0.143. The van der Waals surface area contributed by atoms with Crippen LogP contribution in [0.25, 0.3) is 22.3 Å². The molecule has 12 heteroatoms. The zero-order valence-corrected chi connectivity index (χ0v) is 22.9. The molecule has 6 nitrogen and oxygen atoms in total. The van der Waals surface area contributed by atoms with Crippen molar-refractivity contribution in [2.75, 3.05) is 0 Å². The molecule has 1 aromatic heterocycles. The van der Waals surface area contributed by atoms with Gasteiger partial charge < -0.3 is 14.9 Å². The Bertz CT molecular complexity index is 1750. The van der Waals surface area contributed by atoms with Crippen LogP contribution in [0.15, 0.2) is 95.5 Å². The molecule has 0 aliphatic heterocycles. The molecule has 226 valence electrons. The largest absolute Gasteiger partial charge is 0.507 e. The lowest BCUT2D eigenvalue weighted by Crippen LogP contribution is -2.30. The van der Waals surface area contributed by atoms with Crippen molar-refractivity contribution in [3.05, 3.63) is 125 Å². The number of nitrogens with zero attached hydrogens (tertiary/aromatic N) is 2. The maximum atomic E-state index is 13.4. The average molecular weight is 612 g/mol. The number of phenols is 1. The maximum absolute atomic E-state index is 13.4. The molecule has 0 spiro atoms. The molecule has 2 N–H and O–H groups in total. The summed E-state index contributed by atoms with van der Waals surface area (Å²) in [7, 11) is 0. The molecule has 0 radical (unpaired) electrons. The molecule has 0 saturated heterocycles. The highest BCUT2D eigenvalue weighted by Crippen LogP contribution is 2.39. The van der Waals surface area contributed by atoms with E-state index in [1.54, 1.807) is 6.92 Å². The van der Waals surface area contributed by atoms with E-state index >= 15 is 0 Å². The van der Waals surface area contributed by atoms with Gasteiger partial charge in [0.15, 0.2) is 5.82 Å². The van der Waals surface area contributed by atoms with Crippen molar-refractivity contribution in [3.63, 3.8) is 0 Å². The number of aromatic hydroxyl groups is 1. The maximum Gasteiger partial charge on any atom is 0.416 e. The Balaban J connectivity index is 1.45. The quantitative estimate of drug-likeness (QED) is 0.181. The minimum Gasteiger partial charge on any atom is -0.507 e. The van der Waals surface area contributed by atoms with E-state index in [0.717, 1.165) is 34.9 Å². The summed E-state index contributed by atoms with van der Waals surface area (Å²) in [6.45, 7) is 1.58. The van der Waals surface area contributed by atoms with Crippen LogP contribution in [0.4, 0.5) is 26.3 Å². The van der Waals surface area contributed by atoms with Crippen LogP contribution in [0.3, 0.4) is 0 Å². The Morgan fingerprint density at radius 2 is 1.39 bits per heavy atom. The van der Waals surface area contributed by atoms with Crippen molar-refractivity contribution >= 4 is 5.91 Å². The number of amides is 1. The number of nitrogens with one attached hydrogen (secondary N) is 1. The molecule has 0 bridgehead atoms. The molecular formula is C32H23F6N3O3. The number of phenolic OH excluding ortho intramolecular Hbond substituents is 1. The fourth-order valence-electron chi connectivity index (χ4n) is 4.61. The summed E-state index contributed by atoms with van der Waals surface area (Å²) in [5.41, 5.74) is -1.22. The summed E-state index contributed by atoms with van der Waals surface area (Å²) in [4.78, 5) is 17.6. The smallest absolute Gasteiger partial charge is 0.416 e. The first-order valence-corrected chi connectivity index (χ1v) is 13.2. The first kappa shape index (κ1) is 30.3. The van der Waals surface area contributed by atoms with Crippen LogP contribution in [-0.2, 0) is 18.8 Å². The Morgan fingerprint density at radius 3 is 1.95 bits per heavy atom. The van der Waals surface area contributed by atoms with Crippen LogP contribution in [0, 0.1) is 6.92 Å². The van der Waals surface area contributed by atoms with E-state index < -0.39 is 46.7 Å². The summed E-state index contributed by atoms with van der Waals surface area (Å²) in [6, 6.07) is 20.6. The molecule has 0 fully saturated rings. The van der Waals surface area contributed by atoms with Gasteiger partial charge in [0.25, 0.3) is 5.91 Å². The molecular weight excluding hydrogens is 588 g/mol. The number of aromatic nitrogens is 2. The van der Waals surface area contributed by atoms with Gasteiger partial charge in [-0.15, -0.1) is 0 Å². The van der Waals surface area contributed by atoms with Crippen LogP contribution >= 0.6 is 0 Å². The van der Waals surface area contributed by atoms with Crippen LogP contribution in [0.1, 0.15) is 44.8 Å². The summed E-state index contributed by atoms with van der Waals surface area (Å²) in [5, 5.41) is 16.9. The predicted octanol–water partition coefficient (Wildman–Crippen LogP) is 8.17. The van der Waals surface area contributed by atoms with Crippen molar-refractivity contribution in [2.45, 2.75) is 31.7 Å². The Hall–Kier alpha value is -5.13. The molecule has 5 rings (SSSR count). The third-order valence-electron chi connectivity index (χ3n) is 6.81. The number of rotatable bonds is 7. The highest BCUT2D eigenvalue weighted by atomic mass is 19.4. The number of aryl methyl sites for hydroxylation is 1. The van der Waals surface area contributed by atoms with Gasteiger partial charge >= 0.3 is 12.4 Å². The average Bonchev–Trinajstić information content (AvgIpc) is 3.43. The molecule has 1 heterocycles. The van der Waals surface area contributed by atoms with Gasteiger partial charge in [-0.2, -0.15) is 31.3 Å². The fraction of sp³-hybridized carbons (Fsp3) is 0.156. The van der Waals surface area contributed by atoms with E-state index in [-0.39, 0.29) is 29.5 Å². The number of benzene rings is 4. The van der Waals surface area contributed by atoms with Crippen molar-refractivity contribution in [1.29, 1.82) is 0 Å². The molecule has 1 amide bonds. The molecule has 0 unspecified atom stereocenters. The standard InChI is InChI=1S/C32H23F6N3O3/c1-18-39-30(44-41-18)27(13-19-7-9-21(10-8-19)20-5-3-2-4-6-20)40-29(43)26-16-22(11-12-28(26)42)23-14-24(31(33,34)35)17-25(15-23)32(36,37)38/h2-12,14-17,27,42H,13H2,1H3,(H,40,43)/t27-/m1/s1. The number of halogens is 6. The van der Waals surface area contributed by atoms with Gasteiger partial charge in [-0.05, 0) is 65.1 Å². The van der Waals surface area contributed by atoms with Gasteiger partial charge in [0.05, 0.1) is 16.7 Å². The first-order chi connectivity index (χ1) is 20.8. The minimum absolute atomic E-state index is 0.0148. The van der Waals surface area contributed by atoms with Gasteiger partial charge in [-0.3, -0.25) is 4.79 Å². The molecule has 44 heavy (non-hydrogen) atoms. The van der Waals surface area contributed by atoms with E-state index in [2.05, 4.69) is 15.5 Å². The second-order valence-corrected chi connectivity index (χ2v) is 10.00. The Morgan fingerprint density at radius 1 is 0.795 bits per heavy atom. The fourth-order valence-corrected chi connectivity index (χ4v) is 4.61. The lowest BCUT2D eigenvalue weighted by Gasteiger charge is -2.17. The molecule has 1 atom stereocenters. The van der Waals surface area contributed by atoms with Crippen LogP contribution < -0.4 is 5.32 Å². The normalized spacial score (nSPS) is 12.6. The van der Waals surface area contributed by atoms with Crippen molar-refractivity contribution < 1.29 is 40.8 Å². The Kier molecular flexibility index (Phi) is 8.18. The van der Waals surface area contributed by atoms with E-state index in [1.165, 1.54) is 0 Å². The third-order valence-corrected chi connectivity index (χ3v) is 6.81. The van der Waals surface area contributed by atoms with E-state index in [1.807, 2.05) is 54.6 Å². The van der Waals surface area contributed by atoms with E-state index in [4.69, 9.17) is 4.52 Å². The van der Waals surface area contributed by atoms with Gasteiger partial charge in [0.1, 0.15) is 11.8 Å². The van der Waals surface area contributed by atoms with E-state index in [0.29, 0.717) is 18.0 Å². The zero-order chi connectivity index (χ0) is 31.6. The van der Waals surface area contributed by atoms with Crippen molar-refractivity contribution in [3.8, 4) is 28.0 Å². The topological polar surface area (TPSA) is 88.2 Å². The highest BCUT2D eigenvalue weighted by Gasteiger charge is 2.37. The van der Waals surface area contributed by atoms with Gasteiger partial charge in [-0.1, -0.05) is 65.8 Å². The zero-order valence-electron chi connectivity index (χ0n) is 22.9. The Labute approximate surface area is 247 Å². The predicted molar refractivity (Wildman–Crippen MR) is 148 cm³/mol. The summed E-state index contributed by atoms with van der Waals surface area (Å²) >= 11 is 0. The number of alkyl halides is 6. The number of carbonyl (C=O) groups excluding carboxylic acids is 1. The highest BCUT2D eigenvalue weighted by molar-refractivity contribution is 5.98. The number of hydrogen-bond donors (Lipinski definition) is 2. The van der Waals surface area contributed by atoms with Crippen LogP contribution in [-0.4, -0.2) is 21.2 Å². The molecule has 0 saturated carbocycles. The molecule has 5 aromatic rings. The molecule has 0 aliphatic carbocycles. The second-order valence-electron chi connectivity index (χ2n) is 10.00. The second kappa shape index (κ2) is 11.9. The third kappa shape index (κ3) is 6.91. The number of hydrogen-bond acceptors (Lipinski definition) is 5. The van der Waals surface area contributed by atoms with Crippen molar-refractivity contribution in [2.24, 2.45) is 0 Å². The number of carbonyl (C=O) groups is 1. The monoisotopic (exact) mass is 611 g/mol. The summed E-state index contributed by atoms with van der Waals surface area (Å²) < 4.78 is 85.8. The summed E-state index contributed by atoms with van der Waals surface area (Å²) in [6.07, 6.45) is -9.92. The SMILES string of the molecule is Cc1noc([C@@H](Cc2ccc(-c3ccccc3)cc2)NC(=O)c2cc(-c3cc(C(F)(F)F)cc(C(F)(F)F)c3)ccc2O)n1. The summed E-state index contributed by atoms with van der Waals surface area (Å²) in [5.74, 6) is -1.05. The van der Waals surface area contributed by atoms with Gasteiger partial charge in [-0.25, -0.2) is 0 Å².